The first-order chi connectivity index (χ1) is 12.4. The van der Waals surface area contributed by atoms with Crippen molar-refractivity contribution in [1.82, 2.24) is 0 Å². The molecule has 26 heavy (non-hydrogen) atoms. The van der Waals surface area contributed by atoms with Gasteiger partial charge in [-0.2, -0.15) is 0 Å². The number of hydrogen-bond acceptors (Lipinski definition) is 4. The van der Waals surface area contributed by atoms with Gasteiger partial charge in [-0.3, -0.25) is 14.5 Å². The first-order valence-corrected chi connectivity index (χ1v) is 8.12. The Bertz CT molecular complexity index is 869. The summed E-state index contributed by atoms with van der Waals surface area (Å²) in [4.78, 5) is 26.6. The van der Waals surface area contributed by atoms with Gasteiger partial charge in [0.15, 0.2) is 18.2 Å². The van der Waals surface area contributed by atoms with E-state index in [9.17, 15) is 14.0 Å². The predicted molar refractivity (Wildman–Crippen MR) is 93.2 cm³/mol. The zero-order chi connectivity index (χ0) is 18.8. The van der Waals surface area contributed by atoms with E-state index in [1.807, 2.05) is 25.2 Å². The van der Waals surface area contributed by atoms with Crippen molar-refractivity contribution >= 4 is 17.4 Å². The number of hydrogen-bond donors (Lipinski definition) is 1. The van der Waals surface area contributed by atoms with E-state index in [-0.39, 0.29) is 12.2 Å². The van der Waals surface area contributed by atoms with Gasteiger partial charge in [0.2, 0.25) is 0 Å². The number of Topliss-reactive ketones (excluding diaryl/α,β-unsaturated/α-hetero) is 1. The normalized spacial score (nSPS) is 14.4. The van der Waals surface area contributed by atoms with Crippen LogP contribution in [0.4, 0.5) is 10.1 Å². The van der Waals surface area contributed by atoms with Crippen LogP contribution in [0, 0.1) is 5.82 Å². The third-order valence-electron chi connectivity index (χ3n) is 4.32. The third kappa shape index (κ3) is 3.25. The summed E-state index contributed by atoms with van der Waals surface area (Å²) in [5, 5.41) is 0. The van der Waals surface area contributed by atoms with Crippen molar-refractivity contribution in [3.8, 4) is 11.5 Å². The van der Waals surface area contributed by atoms with Gasteiger partial charge in [-0.25, -0.2) is 4.39 Å². The topological polar surface area (TPSA) is 60.3 Å². The quantitative estimate of drug-likeness (QED) is 0.783. The van der Waals surface area contributed by atoms with Gasteiger partial charge >= 0.3 is 5.91 Å². The maximum atomic E-state index is 13.5. The minimum absolute atomic E-state index is 0.245. The number of carbonyl (C=O) groups is 2. The number of methoxy groups -OCH3 is 2. The van der Waals surface area contributed by atoms with Crippen LogP contribution in [0.2, 0.25) is 0 Å². The number of ketones is 1. The molecule has 1 unspecified atom stereocenters. The fraction of sp³-hybridized carbons (Fsp3) is 0.263. The Labute approximate surface area is 150 Å². The molecule has 1 heterocycles. The average molecular weight is 359 g/mol. The molecule has 1 aliphatic heterocycles. The molecule has 0 aromatic heterocycles. The molecule has 1 N–H and O–H groups in total. The molecule has 6 nitrogen and oxygen atoms in total. The molecule has 1 aliphatic rings. The van der Waals surface area contributed by atoms with E-state index < -0.39 is 17.5 Å². The smallest absolute Gasteiger partial charge is 0.303 e. The lowest BCUT2D eigenvalue weighted by Crippen LogP contribution is -3.09. The van der Waals surface area contributed by atoms with Crippen LogP contribution in [0.5, 0.6) is 11.5 Å². The first kappa shape index (κ1) is 17.9. The Morgan fingerprint density at radius 3 is 2.46 bits per heavy atom. The van der Waals surface area contributed by atoms with E-state index in [0.717, 1.165) is 10.5 Å². The second-order valence-corrected chi connectivity index (χ2v) is 6.21. The lowest BCUT2D eigenvalue weighted by atomic mass is 10.1. The molecular weight excluding hydrogens is 339 g/mol. The highest BCUT2D eigenvalue weighted by Crippen LogP contribution is 2.29. The molecule has 1 atom stereocenters. The van der Waals surface area contributed by atoms with Crippen LogP contribution in [0.25, 0.3) is 0 Å². The van der Waals surface area contributed by atoms with Gasteiger partial charge in [0, 0.05) is 5.56 Å². The molecule has 3 rings (SSSR count). The number of benzene rings is 2. The zero-order valence-corrected chi connectivity index (χ0v) is 14.8. The van der Waals surface area contributed by atoms with Crippen LogP contribution in [0.15, 0.2) is 36.4 Å². The number of quaternary nitrogens is 1. The first-order valence-electron chi connectivity index (χ1n) is 8.12. The maximum absolute atomic E-state index is 13.5. The van der Waals surface area contributed by atoms with Crippen LogP contribution < -0.4 is 19.3 Å². The molecule has 0 saturated heterocycles. The second kappa shape index (κ2) is 7.13. The maximum Gasteiger partial charge on any atom is 0.303 e. The highest BCUT2D eigenvalue weighted by atomic mass is 19.1. The Balaban J connectivity index is 1.77. The average Bonchev–Trinajstić information content (AvgIpc) is 2.86. The highest BCUT2D eigenvalue weighted by Gasteiger charge is 2.37. The highest BCUT2D eigenvalue weighted by molar-refractivity contribution is 6.52. The van der Waals surface area contributed by atoms with Gasteiger partial charge in [0.05, 0.1) is 32.5 Å². The number of anilines is 1. The Kier molecular flexibility index (Phi) is 4.90. The largest absolute Gasteiger partial charge is 0.493 e. The molecule has 7 heteroatoms. The second-order valence-electron chi connectivity index (χ2n) is 6.21. The Morgan fingerprint density at radius 1 is 1.04 bits per heavy atom. The summed E-state index contributed by atoms with van der Waals surface area (Å²) in [5.74, 6) is -0.443. The van der Waals surface area contributed by atoms with E-state index in [4.69, 9.17) is 9.47 Å². The molecular formula is C19H20FN2O4+. The van der Waals surface area contributed by atoms with Gasteiger partial charge < -0.3 is 14.4 Å². The molecule has 0 aliphatic carbocycles. The molecule has 0 bridgehead atoms. The van der Waals surface area contributed by atoms with Gasteiger partial charge in [-0.15, -0.1) is 0 Å². The van der Waals surface area contributed by atoms with Crippen molar-refractivity contribution in [1.29, 1.82) is 0 Å². The number of nitrogens with zero attached hydrogens (tertiary/aromatic N) is 1. The van der Waals surface area contributed by atoms with Crippen LogP contribution >= 0.6 is 0 Å². The minimum atomic E-state index is -0.628. The molecule has 1 amide bonds. The van der Waals surface area contributed by atoms with Crippen LogP contribution in [-0.4, -0.2) is 39.6 Å². The minimum Gasteiger partial charge on any atom is -0.493 e. The van der Waals surface area contributed by atoms with E-state index in [0.29, 0.717) is 23.7 Å². The number of amides is 1. The molecule has 0 saturated carbocycles. The van der Waals surface area contributed by atoms with E-state index in [1.165, 1.54) is 23.1 Å². The summed E-state index contributed by atoms with van der Waals surface area (Å²) < 4.78 is 24.1. The molecule has 0 fully saturated rings. The molecule has 0 spiro atoms. The van der Waals surface area contributed by atoms with Crippen molar-refractivity contribution in [3.63, 3.8) is 0 Å². The summed E-state index contributed by atoms with van der Waals surface area (Å²) in [7, 11) is 5.03. The van der Waals surface area contributed by atoms with Gasteiger partial charge in [-0.05, 0) is 36.4 Å². The number of ether oxygens (including phenoxy) is 2. The standard InChI is InChI=1S/C19H19FN2O4/c1-21(10-12-4-7-16(25-2)17(8-12)26-3)11-22-15-9-13(20)5-6-14(15)18(23)19(22)24/h4-9H,10-11H2,1-3H3/p+1. The van der Waals surface area contributed by atoms with Crippen molar-refractivity contribution in [2.24, 2.45) is 0 Å². The number of rotatable bonds is 6. The number of fused-ring (bicyclic) bond motifs is 1. The lowest BCUT2D eigenvalue weighted by molar-refractivity contribution is -0.892. The summed E-state index contributed by atoms with van der Waals surface area (Å²) >= 11 is 0. The van der Waals surface area contributed by atoms with Crippen molar-refractivity contribution < 1.29 is 28.4 Å². The van der Waals surface area contributed by atoms with Gasteiger partial charge in [0.25, 0.3) is 5.78 Å². The molecule has 2 aromatic carbocycles. The van der Waals surface area contributed by atoms with Crippen LogP contribution in [0.1, 0.15) is 15.9 Å². The molecule has 136 valence electrons. The predicted octanol–water partition coefficient (Wildman–Crippen LogP) is 1.04. The summed E-state index contributed by atoms with van der Waals surface area (Å²) in [5.41, 5.74) is 1.56. The number of halogens is 1. The summed E-state index contributed by atoms with van der Waals surface area (Å²) in [6.45, 7) is 0.832. The van der Waals surface area contributed by atoms with Gasteiger partial charge in [-0.1, -0.05) is 0 Å². The van der Waals surface area contributed by atoms with Gasteiger partial charge in [0.1, 0.15) is 12.4 Å². The van der Waals surface area contributed by atoms with Crippen LogP contribution in [-0.2, 0) is 11.3 Å². The fourth-order valence-electron chi connectivity index (χ4n) is 3.09. The van der Waals surface area contributed by atoms with Crippen molar-refractivity contribution in [3.05, 3.63) is 53.3 Å². The Morgan fingerprint density at radius 2 is 1.77 bits per heavy atom. The Hall–Kier alpha value is -2.93. The summed E-state index contributed by atoms with van der Waals surface area (Å²) in [6, 6.07) is 9.36. The van der Waals surface area contributed by atoms with E-state index in [2.05, 4.69) is 0 Å². The van der Waals surface area contributed by atoms with E-state index >= 15 is 0 Å². The van der Waals surface area contributed by atoms with Crippen molar-refractivity contribution in [2.75, 3.05) is 32.8 Å². The van der Waals surface area contributed by atoms with Crippen LogP contribution in [0.3, 0.4) is 0 Å². The monoisotopic (exact) mass is 359 g/mol. The van der Waals surface area contributed by atoms with E-state index in [1.54, 1.807) is 14.2 Å². The zero-order valence-electron chi connectivity index (χ0n) is 14.8. The number of carbonyl (C=O) groups excluding carboxylic acids is 2. The number of nitrogens with one attached hydrogen (secondary N) is 1. The molecule has 2 aromatic rings. The third-order valence-corrected chi connectivity index (χ3v) is 4.32. The SMILES string of the molecule is COc1ccc(C[NH+](C)CN2C(=O)C(=O)c3ccc(F)cc32)cc1OC. The fourth-order valence-corrected chi connectivity index (χ4v) is 3.09. The van der Waals surface area contributed by atoms with Crippen molar-refractivity contribution in [2.45, 2.75) is 6.54 Å². The molecule has 0 radical (unpaired) electrons. The summed E-state index contributed by atoms with van der Waals surface area (Å²) in [6.07, 6.45) is 0. The lowest BCUT2D eigenvalue weighted by Gasteiger charge is -2.22.